The van der Waals surface area contributed by atoms with E-state index < -0.39 is 6.29 Å². The molecule has 6 nitrogen and oxygen atoms in total. The number of amides is 1. The van der Waals surface area contributed by atoms with Gasteiger partial charge in [-0.2, -0.15) is 0 Å². The summed E-state index contributed by atoms with van der Waals surface area (Å²) in [6, 6.07) is 24.7. The summed E-state index contributed by atoms with van der Waals surface area (Å²) in [6.07, 6.45) is 4.13. The topological polar surface area (TPSA) is 71.0 Å². The molecule has 200 valence electrons. The lowest BCUT2D eigenvalue weighted by Crippen LogP contribution is -2.41. The van der Waals surface area contributed by atoms with Crippen molar-refractivity contribution in [2.75, 3.05) is 19.6 Å². The third-order valence-corrected chi connectivity index (χ3v) is 7.49. The lowest BCUT2D eigenvalue weighted by Gasteiger charge is -2.39. The number of hydrogen-bond donors (Lipinski definition) is 2. The lowest BCUT2D eigenvalue weighted by molar-refractivity contribution is -0.253. The highest BCUT2D eigenvalue weighted by Crippen LogP contribution is 2.39. The molecule has 3 aromatic carbocycles. The molecule has 0 aromatic heterocycles. The molecule has 3 atom stereocenters. The monoisotopic (exact) mass is 514 g/mol. The number of rotatable bonds is 8. The molecule has 0 aliphatic carbocycles. The number of piperidine rings is 1. The van der Waals surface area contributed by atoms with Crippen LogP contribution in [0, 0.1) is 0 Å². The van der Waals surface area contributed by atoms with Crippen molar-refractivity contribution >= 4 is 5.91 Å². The first-order valence-corrected chi connectivity index (χ1v) is 13.7. The number of carbonyl (C=O) groups excluding carboxylic acids is 1. The zero-order valence-electron chi connectivity index (χ0n) is 22.1. The normalized spacial score (nSPS) is 22.2. The molecular formula is C32H38N2O4. The minimum atomic E-state index is -0.469. The molecule has 3 unspecified atom stereocenters. The molecule has 6 heteroatoms. The van der Waals surface area contributed by atoms with Crippen molar-refractivity contribution in [2.24, 2.45) is 0 Å². The van der Waals surface area contributed by atoms with Crippen LogP contribution in [0.3, 0.4) is 0 Å². The number of likely N-dealkylation sites (tertiary alicyclic amines) is 1. The summed E-state index contributed by atoms with van der Waals surface area (Å²) in [7, 11) is 0. The molecule has 1 amide bonds. The Morgan fingerprint density at radius 1 is 0.895 bits per heavy atom. The second-order valence-electron chi connectivity index (χ2n) is 10.4. The highest BCUT2D eigenvalue weighted by Gasteiger charge is 2.33. The summed E-state index contributed by atoms with van der Waals surface area (Å²) in [5, 5.41) is 12.3. The maximum Gasteiger partial charge on any atom is 0.217 e. The Morgan fingerprint density at radius 3 is 2.37 bits per heavy atom. The molecule has 38 heavy (non-hydrogen) atoms. The van der Waals surface area contributed by atoms with E-state index in [2.05, 4.69) is 58.7 Å². The van der Waals surface area contributed by atoms with E-state index in [1.807, 2.05) is 24.3 Å². The number of benzene rings is 3. The van der Waals surface area contributed by atoms with Gasteiger partial charge in [-0.25, -0.2) is 0 Å². The van der Waals surface area contributed by atoms with E-state index >= 15 is 0 Å². The van der Waals surface area contributed by atoms with E-state index in [1.54, 1.807) is 0 Å². The predicted octanol–water partition coefficient (Wildman–Crippen LogP) is 5.51. The van der Waals surface area contributed by atoms with Gasteiger partial charge in [0.15, 0.2) is 6.29 Å². The van der Waals surface area contributed by atoms with Gasteiger partial charge in [0, 0.05) is 32.0 Å². The van der Waals surface area contributed by atoms with Crippen LogP contribution >= 0.6 is 0 Å². The van der Waals surface area contributed by atoms with E-state index in [1.165, 1.54) is 26.2 Å². The molecule has 5 rings (SSSR count). The van der Waals surface area contributed by atoms with Crippen LogP contribution < -0.4 is 5.32 Å². The van der Waals surface area contributed by atoms with E-state index in [9.17, 15) is 9.90 Å². The van der Waals surface area contributed by atoms with Crippen LogP contribution in [0.25, 0.3) is 11.1 Å². The highest BCUT2D eigenvalue weighted by atomic mass is 16.7. The first-order chi connectivity index (χ1) is 18.6. The quantitative estimate of drug-likeness (QED) is 0.415. The summed E-state index contributed by atoms with van der Waals surface area (Å²) in [6.45, 7) is 5.25. The number of nitrogens with zero attached hydrogens (tertiary/aromatic N) is 1. The molecule has 2 aliphatic heterocycles. The summed E-state index contributed by atoms with van der Waals surface area (Å²) < 4.78 is 13.2. The van der Waals surface area contributed by atoms with Crippen LogP contribution in [0.2, 0.25) is 0 Å². The fraction of sp³-hybridized carbons (Fsp3) is 0.406. The number of aliphatic hydroxyl groups excluding tert-OH is 1. The summed E-state index contributed by atoms with van der Waals surface area (Å²) >= 11 is 0. The van der Waals surface area contributed by atoms with Crippen LogP contribution in [0.5, 0.6) is 0 Å². The molecule has 0 spiro atoms. The molecule has 0 bridgehead atoms. The Hall–Kier alpha value is -3.03. The van der Waals surface area contributed by atoms with Gasteiger partial charge in [-0.15, -0.1) is 0 Å². The van der Waals surface area contributed by atoms with E-state index in [0.29, 0.717) is 6.54 Å². The van der Waals surface area contributed by atoms with Crippen molar-refractivity contribution in [1.29, 1.82) is 0 Å². The maximum absolute atomic E-state index is 11.4. The average Bonchev–Trinajstić information content (AvgIpc) is 2.97. The maximum atomic E-state index is 11.4. The third-order valence-electron chi connectivity index (χ3n) is 7.49. The zero-order chi connectivity index (χ0) is 26.3. The minimum absolute atomic E-state index is 0.0356. The lowest BCUT2D eigenvalue weighted by atomic mass is 9.98. The second kappa shape index (κ2) is 12.7. The summed E-state index contributed by atoms with van der Waals surface area (Å²) in [5.41, 5.74) is 6.24. The van der Waals surface area contributed by atoms with Crippen molar-refractivity contribution in [3.05, 3.63) is 95.1 Å². The third kappa shape index (κ3) is 6.88. The van der Waals surface area contributed by atoms with Gasteiger partial charge in [-0.1, -0.05) is 67.1 Å². The molecule has 2 aliphatic rings. The van der Waals surface area contributed by atoms with Gasteiger partial charge in [0.2, 0.25) is 5.91 Å². The van der Waals surface area contributed by atoms with Crippen molar-refractivity contribution in [1.82, 2.24) is 10.2 Å². The van der Waals surface area contributed by atoms with Crippen LogP contribution in [0.15, 0.2) is 72.8 Å². The van der Waals surface area contributed by atoms with Crippen LogP contribution in [-0.4, -0.2) is 41.7 Å². The summed E-state index contributed by atoms with van der Waals surface area (Å²) in [5.74, 6) is -0.0383. The highest BCUT2D eigenvalue weighted by molar-refractivity contribution is 5.73. The molecular weight excluding hydrogens is 476 g/mol. The van der Waals surface area contributed by atoms with Crippen molar-refractivity contribution in [3.8, 4) is 11.1 Å². The fourth-order valence-electron chi connectivity index (χ4n) is 5.42. The Morgan fingerprint density at radius 2 is 1.63 bits per heavy atom. The summed E-state index contributed by atoms with van der Waals surface area (Å²) in [4.78, 5) is 13.9. The minimum Gasteiger partial charge on any atom is -0.392 e. The second-order valence-corrected chi connectivity index (χ2v) is 10.4. The molecule has 0 saturated carbocycles. The van der Waals surface area contributed by atoms with Crippen LogP contribution in [0.1, 0.15) is 67.3 Å². The van der Waals surface area contributed by atoms with Gasteiger partial charge >= 0.3 is 0 Å². The average molecular weight is 515 g/mol. The number of ether oxygens (including phenoxy) is 2. The zero-order valence-corrected chi connectivity index (χ0v) is 22.1. The Kier molecular flexibility index (Phi) is 8.86. The van der Waals surface area contributed by atoms with Gasteiger partial charge < -0.3 is 24.8 Å². The van der Waals surface area contributed by atoms with E-state index in [4.69, 9.17) is 9.47 Å². The largest absolute Gasteiger partial charge is 0.392 e. The number of aliphatic hydroxyl groups is 1. The van der Waals surface area contributed by atoms with E-state index in [0.717, 1.165) is 59.4 Å². The van der Waals surface area contributed by atoms with Crippen molar-refractivity contribution < 1.29 is 19.4 Å². The molecule has 3 aromatic rings. The number of carbonyl (C=O) groups is 1. The number of hydrogen-bond acceptors (Lipinski definition) is 5. The van der Waals surface area contributed by atoms with Gasteiger partial charge in [-0.3, -0.25) is 4.79 Å². The first kappa shape index (κ1) is 26.6. The Balaban J connectivity index is 1.38. The molecule has 2 fully saturated rings. The molecule has 2 N–H and O–H groups in total. The Labute approximate surface area is 225 Å². The SMILES string of the molecule is CC(=O)NCc1cccc(-c2cccc(C3OC(CN4CCCCC4)CC(c4ccc(CO)cc4)O3)c2)c1. The van der Waals surface area contributed by atoms with Gasteiger partial charge in [0.25, 0.3) is 0 Å². The predicted molar refractivity (Wildman–Crippen MR) is 148 cm³/mol. The van der Waals surface area contributed by atoms with Crippen LogP contribution in [-0.2, 0) is 27.4 Å². The smallest absolute Gasteiger partial charge is 0.217 e. The Bertz CT molecular complexity index is 1210. The first-order valence-electron chi connectivity index (χ1n) is 13.7. The molecule has 0 radical (unpaired) electrons. The van der Waals surface area contributed by atoms with Crippen LogP contribution in [0.4, 0.5) is 0 Å². The molecule has 2 heterocycles. The van der Waals surface area contributed by atoms with Gasteiger partial charge in [0.05, 0.1) is 18.8 Å². The standard InChI is InChI=1S/C32H38N2O4/c1-23(36)33-20-25-7-5-8-27(17-25)28-9-6-10-29(18-28)32-37-30(21-34-15-3-2-4-16-34)19-31(38-32)26-13-11-24(22-35)12-14-26/h5-14,17-18,30-32,35H,2-4,15-16,19-22H2,1H3,(H,33,36). The number of nitrogens with one attached hydrogen (secondary N) is 1. The van der Waals surface area contributed by atoms with Crippen molar-refractivity contribution in [2.45, 2.75) is 64.3 Å². The van der Waals surface area contributed by atoms with E-state index in [-0.39, 0.29) is 24.7 Å². The van der Waals surface area contributed by atoms with Gasteiger partial charge in [0.1, 0.15) is 0 Å². The fourth-order valence-corrected chi connectivity index (χ4v) is 5.42. The van der Waals surface area contributed by atoms with Gasteiger partial charge in [-0.05, 0) is 65.9 Å². The van der Waals surface area contributed by atoms with Crippen molar-refractivity contribution in [3.63, 3.8) is 0 Å². The molecule has 2 saturated heterocycles.